The number of carbonyl (C=O) groups excluding carboxylic acids is 1. The molecule has 8 nitrogen and oxygen atoms in total. The molecule has 1 unspecified atom stereocenters. The molecule has 0 bridgehead atoms. The molecule has 0 saturated carbocycles. The number of rotatable bonds is 6. The van der Waals surface area contributed by atoms with E-state index < -0.39 is 12.1 Å². The summed E-state index contributed by atoms with van der Waals surface area (Å²) in [6.45, 7) is 5.89. The number of aromatic nitrogens is 2. The average Bonchev–Trinajstić information content (AvgIpc) is 3.63. The van der Waals surface area contributed by atoms with Crippen molar-refractivity contribution >= 4 is 41.0 Å². The molecule has 3 N–H and O–H groups in total. The van der Waals surface area contributed by atoms with Gasteiger partial charge in [0, 0.05) is 61.7 Å². The molecule has 1 aromatic heterocycles. The highest BCUT2D eigenvalue weighted by Crippen LogP contribution is 2.40. The van der Waals surface area contributed by atoms with E-state index in [0.29, 0.717) is 12.0 Å². The number of carboxylic acids is 1. The van der Waals surface area contributed by atoms with Crippen molar-refractivity contribution in [3.63, 3.8) is 0 Å². The van der Waals surface area contributed by atoms with Crippen molar-refractivity contribution in [3.05, 3.63) is 106 Å². The Balaban J connectivity index is 0.000000499. The van der Waals surface area contributed by atoms with E-state index in [2.05, 4.69) is 87.2 Å². The van der Waals surface area contributed by atoms with Gasteiger partial charge >= 0.3 is 12.1 Å². The van der Waals surface area contributed by atoms with Gasteiger partial charge in [0.1, 0.15) is 0 Å². The van der Waals surface area contributed by atoms with E-state index in [1.165, 1.54) is 31.5 Å². The Kier molecular flexibility index (Phi) is 9.28. The van der Waals surface area contributed by atoms with Gasteiger partial charge < -0.3 is 15.2 Å². The predicted octanol–water partition coefficient (Wildman–Crippen LogP) is 6.28. The second-order valence-corrected chi connectivity index (χ2v) is 12.3. The topological polar surface area (TPSA) is 108 Å². The van der Waals surface area contributed by atoms with E-state index in [0.717, 1.165) is 58.6 Å². The number of H-pyrrole nitrogens is 1. The predicted molar refractivity (Wildman–Crippen MR) is 173 cm³/mol. The van der Waals surface area contributed by atoms with Crippen LogP contribution in [0.3, 0.4) is 0 Å². The van der Waals surface area contributed by atoms with Gasteiger partial charge in [-0.05, 0) is 59.4 Å². The smallest absolute Gasteiger partial charge is 0.475 e. The Morgan fingerprint density at radius 2 is 1.68 bits per heavy atom. The molecule has 7 rings (SSSR count). The van der Waals surface area contributed by atoms with Crippen molar-refractivity contribution in [2.45, 2.75) is 31.5 Å². The van der Waals surface area contributed by atoms with Crippen LogP contribution in [0.4, 0.5) is 13.2 Å². The minimum absolute atomic E-state index is 0.00122. The zero-order valence-corrected chi connectivity index (χ0v) is 25.6. The number of hydrogen-bond donors (Lipinski definition) is 3. The molecule has 3 aromatic carbocycles. The van der Waals surface area contributed by atoms with E-state index >= 15 is 0 Å². The van der Waals surface area contributed by atoms with E-state index in [1.54, 1.807) is 0 Å². The first kappa shape index (κ1) is 32.2. The molecule has 1 atom stereocenters. The molecule has 11 heteroatoms. The Morgan fingerprint density at radius 3 is 2.36 bits per heavy atom. The summed E-state index contributed by atoms with van der Waals surface area (Å²) < 4.78 is 37.3. The Morgan fingerprint density at radius 1 is 1.00 bits per heavy atom. The first-order valence-corrected chi connectivity index (χ1v) is 15.5. The van der Waals surface area contributed by atoms with Gasteiger partial charge in [-0.25, -0.2) is 4.79 Å². The van der Waals surface area contributed by atoms with Crippen molar-refractivity contribution in [2.75, 3.05) is 32.8 Å². The number of halogens is 3. The van der Waals surface area contributed by atoms with Crippen molar-refractivity contribution < 1.29 is 32.6 Å². The summed E-state index contributed by atoms with van der Waals surface area (Å²) in [7, 11) is 0. The van der Waals surface area contributed by atoms with Crippen LogP contribution in [0.5, 0.6) is 0 Å². The number of ether oxygens (including phenoxy) is 1. The van der Waals surface area contributed by atoms with Crippen LogP contribution < -0.4 is 5.32 Å². The van der Waals surface area contributed by atoms with E-state index in [4.69, 9.17) is 14.6 Å². The monoisotopic (exact) mass is 644 g/mol. The molecule has 244 valence electrons. The fourth-order valence-corrected chi connectivity index (χ4v) is 6.47. The molecular weight excluding hydrogens is 609 g/mol. The number of carboxylic acid groups (broad SMARTS) is 1. The normalized spacial score (nSPS) is 20.3. The Hall–Kier alpha value is -4.74. The summed E-state index contributed by atoms with van der Waals surface area (Å²) in [6, 6.07) is 25.2. The molecular formula is C36H35F3N4O4. The number of alkyl halides is 3. The third kappa shape index (κ3) is 7.64. The summed E-state index contributed by atoms with van der Waals surface area (Å²) in [5, 5.41) is 18.9. The van der Waals surface area contributed by atoms with Gasteiger partial charge in [-0.3, -0.25) is 14.8 Å². The number of likely N-dealkylation sites (tertiary alicyclic amines) is 1. The first-order chi connectivity index (χ1) is 22.6. The molecule has 3 aliphatic rings. The van der Waals surface area contributed by atoms with Crippen molar-refractivity contribution in [2.24, 2.45) is 5.41 Å². The van der Waals surface area contributed by atoms with E-state index in [1.807, 2.05) is 24.3 Å². The number of amides is 1. The summed E-state index contributed by atoms with van der Waals surface area (Å²) in [5.74, 6) is -2.69. The summed E-state index contributed by atoms with van der Waals surface area (Å²) in [6.07, 6.45) is 3.51. The van der Waals surface area contributed by atoms with Gasteiger partial charge in [-0.15, -0.1) is 0 Å². The van der Waals surface area contributed by atoms with Crippen LogP contribution in [0.1, 0.15) is 46.7 Å². The molecule has 0 aliphatic carbocycles. The zero-order chi connectivity index (χ0) is 33.0. The highest BCUT2D eigenvalue weighted by Gasteiger charge is 2.43. The lowest BCUT2D eigenvalue weighted by atomic mass is 9.73. The lowest BCUT2D eigenvalue weighted by Gasteiger charge is -2.52. The Bertz CT molecular complexity index is 1780. The molecule has 4 aromatic rings. The molecule has 47 heavy (non-hydrogen) atoms. The van der Waals surface area contributed by atoms with Gasteiger partial charge in [0.25, 0.3) is 0 Å². The van der Waals surface area contributed by atoms with Crippen molar-refractivity contribution in [1.82, 2.24) is 20.4 Å². The number of hydrogen-bond acceptors (Lipinski definition) is 5. The van der Waals surface area contributed by atoms with Crippen LogP contribution in [0.15, 0.2) is 78.4 Å². The number of nitrogens with one attached hydrogen (secondary N) is 2. The molecule has 0 radical (unpaired) electrons. The maximum atomic E-state index is 12.6. The highest BCUT2D eigenvalue weighted by molar-refractivity contribution is 6.02. The lowest BCUT2D eigenvalue weighted by molar-refractivity contribution is -0.192. The maximum absolute atomic E-state index is 12.6. The lowest BCUT2D eigenvalue weighted by Crippen LogP contribution is -2.57. The van der Waals surface area contributed by atoms with Crippen molar-refractivity contribution in [1.29, 1.82) is 0 Å². The van der Waals surface area contributed by atoms with Gasteiger partial charge in [0.2, 0.25) is 5.91 Å². The summed E-state index contributed by atoms with van der Waals surface area (Å²) in [5.41, 5.74) is 7.82. The Labute approximate surface area is 269 Å². The van der Waals surface area contributed by atoms with Gasteiger partial charge in [-0.2, -0.15) is 18.3 Å². The maximum Gasteiger partial charge on any atom is 0.490 e. The van der Waals surface area contributed by atoms with E-state index in [-0.39, 0.29) is 11.8 Å². The second kappa shape index (κ2) is 13.5. The van der Waals surface area contributed by atoms with Gasteiger partial charge in [0.15, 0.2) is 0 Å². The summed E-state index contributed by atoms with van der Waals surface area (Å²) >= 11 is 0. The van der Waals surface area contributed by atoms with E-state index in [9.17, 15) is 18.0 Å². The van der Waals surface area contributed by atoms with Crippen LogP contribution in [-0.2, 0) is 20.9 Å². The molecule has 1 spiro atoms. The summed E-state index contributed by atoms with van der Waals surface area (Å²) in [4.78, 5) is 24.0. The SMILES string of the molecule is O=C(O)C(F)(F)F.O=C1NCC(c2ccccc2)/C1=C\c1ccc2c(/C=C/c3ccc(CN4CC5(CCOCC5)C4)cc3)n[nH]c2c1. The second-order valence-electron chi connectivity index (χ2n) is 12.3. The van der Waals surface area contributed by atoms with Crippen LogP contribution >= 0.6 is 0 Å². The quantitative estimate of drug-likeness (QED) is 0.214. The van der Waals surface area contributed by atoms with Crippen LogP contribution in [0.25, 0.3) is 29.1 Å². The van der Waals surface area contributed by atoms with Crippen molar-refractivity contribution in [3.8, 4) is 0 Å². The minimum atomic E-state index is -5.08. The minimum Gasteiger partial charge on any atom is -0.475 e. The van der Waals surface area contributed by atoms with Gasteiger partial charge in [-0.1, -0.05) is 66.7 Å². The average molecular weight is 645 g/mol. The highest BCUT2D eigenvalue weighted by atomic mass is 19.4. The fourth-order valence-electron chi connectivity index (χ4n) is 6.47. The number of benzene rings is 3. The molecule has 3 aliphatic heterocycles. The first-order valence-electron chi connectivity index (χ1n) is 15.5. The third-order valence-electron chi connectivity index (χ3n) is 8.98. The molecule has 4 heterocycles. The molecule has 3 saturated heterocycles. The number of fused-ring (bicyclic) bond motifs is 1. The van der Waals surface area contributed by atoms with Crippen LogP contribution in [0, 0.1) is 5.41 Å². The zero-order valence-electron chi connectivity index (χ0n) is 25.6. The number of carbonyl (C=O) groups is 2. The number of aromatic amines is 1. The number of aliphatic carboxylic acids is 1. The third-order valence-corrected chi connectivity index (χ3v) is 8.98. The molecule has 1 amide bonds. The molecule has 3 fully saturated rings. The number of nitrogens with zero attached hydrogens (tertiary/aromatic N) is 2. The van der Waals surface area contributed by atoms with Gasteiger partial charge in [0.05, 0.1) is 11.2 Å². The van der Waals surface area contributed by atoms with Crippen LogP contribution in [0.2, 0.25) is 0 Å². The van der Waals surface area contributed by atoms with Crippen LogP contribution in [-0.4, -0.2) is 71.1 Å². The standard InChI is InChI=1S/C34H34N4O2.C2HF3O2/c39-33-29(30(20-35-33)27-4-2-1-3-5-27)18-26-10-12-28-31(36-37-32(28)19-26)13-11-24-6-8-25(9-7-24)21-38-22-34(23-38)14-16-40-17-15-34;3-2(4,5)1(6)7/h1-13,18-19,30H,14-17,20-23H2,(H,35,39)(H,36,37);(H,6,7)/b13-11+,29-18+;. The largest absolute Gasteiger partial charge is 0.490 e. The fraction of sp³-hybridized carbons (Fsp3) is 0.306.